The number of hydrogen-bond donors (Lipinski definition) is 1. The summed E-state index contributed by atoms with van der Waals surface area (Å²) in [5, 5.41) is 0. The highest BCUT2D eigenvalue weighted by atomic mass is 79.9. The van der Waals surface area contributed by atoms with Gasteiger partial charge in [-0.3, -0.25) is 0 Å². The molecule has 1 saturated carbocycles. The highest BCUT2D eigenvalue weighted by Gasteiger charge is 2.35. The van der Waals surface area contributed by atoms with Gasteiger partial charge in [0, 0.05) is 16.4 Å². The number of nitrogens with two attached hydrogens (primary N) is 1. The first-order valence-electron chi connectivity index (χ1n) is 6.26. The second kappa shape index (κ2) is 5.07. The van der Waals surface area contributed by atoms with Crippen LogP contribution < -0.4 is 5.73 Å². The van der Waals surface area contributed by atoms with Crippen molar-refractivity contribution in [3.05, 3.63) is 33.5 Å². The van der Waals surface area contributed by atoms with Gasteiger partial charge < -0.3 is 5.73 Å². The SMILES string of the molecule is Cc1c(Br)ccc(C2(CN)CCCCC2)c1F. The van der Waals surface area contributed by atoms with Gasteiger partial charge >= 0.3 is 0 Å². The fourth-order valence-electron chi connectivity index (χ4n) is 2.88. The topological polar surface area (TPSA) is 26.0 Å². The Bertz CT molecular complexity index is 411. The molecule has 0 bridgehead atoms. The summed E-state index contributed by atoms with van der Waals surface area (Å²) < 4.78 is 15.2. The highest BCUT2D eigenvalue weighted by molar-refractivity contribution is 9.10. The van der Waals surface area contributed by atoms with Crippen molar-refractivity contribution in [3.8, 4) is 0 Å². The molecule has 1 aliphatic rings. The molecule has 2 N–H and O–H groups in total. The van der Waals surface area contributed by atoms with Crippen molar-refractivity contribution in [2.45, 2.75) is 44.4 Å². The summed E-state index contributed by atoms with van der Waals surface area (Å²) in [6.45, 7) is 2.36. The molecule has 0 atom stereocenters. The first-order chi connectivity index (χ1) is 8.10. The summed E-state index contributed by atoms with van der Waals surface area (Å²) >= 11 is 3.37. The Labute approximate surface area is 111 Å². The first kappa shape index (κ1) is 13.0. The van der Waals surface area contributed by atoms with Gasteiger partial charge in [-0.2, -0.15) is 0 Å². The molecule has 1 fully saturated rings. The Hall–Kier alpha value is -0.410. The van der Waals surface area contributed by atoms with Crippen LogP contribution in [-0.2, 0) is 5.41 Å². The molecule has 94 valence electrons. The van der Waals surface area contributed by atoms with Crippen molar-refractivity contribution >= 4 is 15.9 Å². The van der Waals surface area contributed by atoms with Crippen LogP contribution in [0.4, 0.5) is 4.39 Å². The van der Waals surface area contributed by atoms with Crippen LogP contribution in [0.1, 0.15) is 43.2 Å². The lowest BCUT2D eigenvalue weighted by Gasteiger charge is -2.37. The molecule has 17 heavy (non-hydrogen) atoms. The van der Waals surface area contributed by atoms with Crippen molar-refractivity contribution in [1.82, 2.24) is 0 Å². The van der Waals surface area contributed by atoms with E-state index in [4.69, 9.17) is 5.73 Å². The predicted molar refractivity (Wildman–Crippen MR) is 72.7 cm³/mol. The smallest absolute Gasteiger partial charge is 0.131 e. The van der Waals surface area contributed by atoms with Gasteiger partial charge in [-0.15, -0.1) is 0 Å². The van der Waals surface area contributed by atoms with Crippen LogP contribution in [0, 0.1) is 12.7 Å². The summed E-state index contributed by atoms with van der Waals surface area (Å²) in [6, 6.07) is 3.85. The van der Waals surface area contributed by atoms with E-state index in [2.05, 4.69) is 15.9 Å². The molecule has 0 saturated heterocycles. The van der Waals surface area contributed by atoms with E-state index in [9.17, 15) is 4.39 Å². The third kappa shape index (κ3) is 2.27. The van der Waals surface area contributed by atoms with Crippen LogP contribution in [0.2, 0.25) is 0 Å². The zero-order chi connectivity index (χ0) is 12.5. The van der Waals surface area contributed by atoms with Gasteiger partial charge in [0.2, 0.25) is 0 Å². The summed E-state index contributed by atoms with van der Waals surface area (Å²) in [4.78, 5) is 0. The van der Waals surface area contributed by atoms with E-state index in [1.165, 1.54) is 6.42 Å². The lowest BCUT2D eigenvalue weighted by Crippen LogP contribution is -2.38. The number of rotatable bonds is 2. The molecule has 3 heteroatoms. The predicted octanol–water partition coefficient (Wildman–Crippen LogP) is 4.06. The standard InChI is InChI=1S/C14H19BrFN/c1-10-12(15)6-5-11(13(10)16)14(9-17)7-3-2-4-8-14/h5-6H,2-4,7-9,17H2,1H3. The molecule has 1 aromatic carbocycles. The van der Waals surface area contributed by atoms with Crippen LogP contribution in [0.15, 0.2) is 16.6 Å². The molecular weight excluding hydrogens is 281 g/mol. The molecule has 1 aliphatic carbocycles. The van der Waals surface area contributed by atoms with E-state index in [1.54, 1.807) is 0 Å². The third-order valence-electron chi connectivity index (χ3n) is 4.09. The summed E-state index contributed by atoms with van der Waals surface area (Å²) in [6.07, 6.45) is 5.60. The number of benzene rings is 1. The van der Waals surface area contributed by atoms with Gasteiger partial charge in [0.05, 0.1) is 0 Å². The van der Waals surface area contributed by atoms with Crippen LogP contribution in [0.5, 0.6) is 0 Å². The fourth-order valence-corrected chi connectivity index (χ4v) is 3.19. The van der Waals surface area contributed by atoms with Crippen LogP contribution in [-0.4, -0.2) is 6.54 Å². The largest absolute Gasteiger partial charge is 0.330 e. The molecule has 1 aromatic rings. The van der Waals surface area contributed by atoms with Crippen LogP contribution >= 0.6 is 15.9 Å². The molecule has 2 rings (SSSR count). The Morgan fingerprint density at radius 1 is 1.29 bits per heavy atom. The van der Waals surface area contributed by atoms with Gasteiger partial charge in [-0.25, -0.2) is 4.39 Å². The van der Waals surface area contributed by atoms with Crippen molar-refractivity contribution < 1.29 is 4.39 Å². The van der Waals surface area contributed by atoms with E-state index in [0.29, 0.717) is 12.1 Å². The average Bonchev–Trinajstić information content (AvgIpc) is 2.37. The molecule has 0 aromatic heterocycles. The van der Waals surface area contributed by atoms with E-state index in [-0.39, 0.29) is 11.2 Å². The maximum absolute atomic E-state index is 14.4. The molecule has 0 aliphatic heterocycles. The normalized spacial score (nSPS) is 19.3. The number of hydrogen-bond acceptors (Lipinski definition) is 1. The quantitative estimate of drug-likeness (QED) is 0.876. The highest BCUT2D eigenvalue weighted by Crippen LogP contribution is 2.41. The van der Waals surface area contributed by atoms with Gasteiger partial charge in [0.1, 0.15) is 5.82 Å². The maximum Gasteiger partial charge on any atom is 0.131 e. The molecule has 0 spiro atoms. The number of halogens is 2. The monoisotopic (exact) mass is 299 g/mol. The Balaban J connectivity index is 2.47. The zero-order valence-electron chi connectivity index (χ0n) is 10.2. The molecule has 1 nitrogen and oxygen atoms in total. The van der Waals surface area contributed by atoms with Gasteiger partial charge in [-0.05, 0) is 37.0 Å². The van der Waals surface area contributed by atoms with Gasteiger partial charge in [0.25, 0.3) is 0 Å². The summed E-state index contributed by atoms with van der Waals surface area (Å²) in [7, 11) is 0. The van der Waals surface area contributed by atoms with E-state index >= 15 is 0 Å². The average molecular weight is 300 g/mol. The van der Waals surface area contributed by atoms with Crippen LogP contribution in [0.3, 0.4) is 0 Å². The minimum Gasteiger partial charge on any atom is -0.330 e. The van der Waals surface area contributed by atoms with E-state index in [1.807, 2.05) is 19.1 Å². The molecular formula is C14H19BrFN. The van der Waals surface area contributed by atoms with Crippen molar-refractivity contribution in [1.29, 1.82) is 0 Å². The first-order valence-corrected chi connectivity index (χ1v) is 7.05. The Morgan fingerprint density at radius 3 is 2.53 bits per heavy atom. The molecule has 0 radical (unpaired) electrons. The zero-order valence-corrected chi connectivity index (χ0v) is 11.8. The lowest BCUT2D eigenvalue weighted by atomic mass is 9.69. The third-order valence-corrected chi connectivity index (χ3v) is 4.95. The second-order valence-electron chi connectivity index (χ2n) is 5.08. The lowest BCUT2D eigenvalue weighted by molar-refractivity contribution is 0.291. The minimum absolute atomic E-state index is 0.0771. The molecule has 0 heterocycles. The van der Waals surface area contributed by atoms with E-state index in [0.717, 1.165) is 35.7 Å². The fraction of sp³-hybridized carbons (Fsp3) is 0.571. The van der Waals surface area contributed by atoms with E-state index < -0.39 is 0 Å². The van der Waals surface area contributed by atoms with Gasteiger partial charge in [0.15, 0.2) is 0 Å². The summed E-state index contributed by atoms with van der Waals surface area (Å²) in [5.41, 5.74) is 7.33. The van der Waals surface area contributed by atoms with Crippen molar-refractivity contribution in [2.75, 3.05) is 6.54 Å². The summed E-state index contributed by atoms with van der Waals surface area (Å²) in [5.74, 6) is -0.0771. The van der Waals surface area contributed by atoms with Crippen molar-refractivity contribution in [2.24, 2.45) is 5.73 Å². The molecule has 0 unspecified atom stereocenters. The van der Waals surface area contributed by atoms with Crippen molar-refractivity contribution in [3.63, 3.8) is 0 Å². The Morgan fingerprint density at radius 2 is 1.94 bits per heavy atom. The Kier molecular flexibility index (Phi) is 3.88. The second-order valence-corrected chi connectivity index (χ2v) is 5.93. The minimum atomic E-state index is -0.131. The maximum atomic E-state index is 14.4. The molecule has 0 amide bonds. The van der Waals surface area contributed by atoms with Gasteiger partial charge in [-0.1, -0.05) is 41.3 Å². The van der Waals surface area contributed by atoms with Crippen LogP contribution in [0.25, 0.3) is 0 Å².